The summed E-state index contributed by atoms with van der Waals surface area (Å²) in [4.78, 5) is 27.0. The molecular weight excluding hydrogens is 382 g/mol. The predicted molar refractivity (Wildman–Crippen MR) is 118 cm³/mol. The number of nitrogens with zero attached hydrogens (tertiary/aromatic N) is 1. The predicted octanol–water partition coefficient (Wildman–Crippen LogP) is 5.18. The summed E-state index contributed by atoms with van der Waals surface area (Å²) in [6.45, 7) is 18.8. The standard InChI is InChI=1S/C23H35NO4Si/c1-16(2)20(28-29(7,8)23(4,5)6)17(3)21(25)24-19(15-27-22(24)26)14-18-12-10-9-11-13-18/h9-13,17,19-20H,1,14-15H2,2-8H3/t17-,19-,20+/m0/s1. The van der Waals surface area contributed by atoms with E-state index in [0.29, 0.717) is 6.42 Å². The van der Waals surface area contributed by atoms with Gasteiger partial charge in [0.2, 0.25) is 5.91 Å². The van der Waals surface area contributed by atoms with Gasteiger partial charge in [-0.1, -0.05) is 70.2 Å². The third-order valence-electron chi connectivity index (χ3n) is 6.07. The van der Waals surface area contributed by atoms with Crippen molar-refractivity contribution in [2.45, 2.75) is 71.3 Å². The van der Waals surface area contributed by atoms with E-state index in [1.165, 1.54) is 4.90 Å². The van der Waals surface area contributed by atoms with Gasteiger partial charge in [-0.15, -0.1) is 0 Å². The second-order valence-corrected chi connectivity index (χ2v) is 14.3. The molecule has 0 bridgehead atoms. The Morgan fingerprint density at radius 3 is 2.41 bits per heavy atom. The summed E-state index contributed by atoms with van der Waals surface area (Å²) in [5.74, 6) is -0.786. The van der Waals surface area contributed by atoms with E-state index >= 15 is 0 Å². The summed E-state index contributed by atoms with van der Waals surface area (Å²) in [7, 11) is -2.12. The Morgan fingerprint density at radius 1 is 1.31 bits per heavy atom. The molecule has 0 spiro atoms. The number of amides is 2. The van der Waals surface area contributed by atoms with Crippen molar-refractivity contribution in [2.75, 3.05) is 6.61 Å². The normalized spacial score (nSPS) is 19.6. The van der Waals surface area contributed by atoms with Crippen LogP contribution in [-0.4, -0.2) is 44.0 Å². The van der Waals surface area contributed by atoms with Crippen LogP contribution in [-0.2, 0) is 20.4 Å². The number of ether oxygens (including phenoxy) is 1. The topological polar surface area (TPSA) is 55.8 Å². The minimum absolute atomic E-state index is 0.00584. The number of cyclic esters (lactones) is 1. The molecule has 0 radical (unpaired) electrons. The lowest BCUT2D eigenvalue weighted by molar-refractivity contribution is -0.135. The number of rotatable bonds is 7. The molecular formula is C23H35NO4Si. The van der Waals surface area contributed by atoms with Crippen LogP contribution in [0.15, 0.2) is 42.5 Å². The van der Waals surface area contributed by atoms with Gasteiger partial charge in [0.15, 0.2) is 8.32 Å². The van der Waals surface area contributed by atoms with Crippen LogP contribution in [0.2, 0.25) is 18.1 Å². The van der Waals surface area contributed by atoms with Gasteiger partial charge >= 0.3 is 6.09 Å². The van der Waals surface area contributed by atoms with E-state index < -0.39 is 26.4 Å². The monoisotopic (exact) mass is 417 g/mol. The molecule has 0 N–H and O–H groups in total. The maximum atomic E-state index is 13.4. The fourth-order valence-corrected chi connectivity index (χ4v) is 4.63. The Morgan fingerprint density at radius 2 is 1.90 bits per heavy atom. The van der Waals surface area contributed by atoms with Crippen LogP contribution < -0.4 is 0 Å². The van der Waals surface area contributed by atoms with Crippen LogP contribution in [0.4, 0.5) is 4.79 Å². The summed E-state index contributed by atoms with van der Waals surface area (Å²) in [6, 6.07) is 9.52. The van der Waals surface area contributed by atoms with Crippen molar-refractivity contribution in [3.05, 3.63) is 48.0 Å². The summed E-state index contributed by atoms with van der Waals surface area (Å²) >= 11 is 0. The zero-order valence-corrected chi connectivity index (χ0v) is 19.8. The second-order valence-electron chi connectivity index (χ2n) is 9.56. The Labute approximate surface area is 176 Å². The lowest BCUT2D eigenvalue weighted by Gasteiger charge is -2.41. The van der Waals surface area contributed by atoms with Gasteiger partial charge in [0.1, 0.15) is 6.61 Å². The third-order valence-corrected chi connectivity index (χ3v) is 10.5. The average Bonchev–Trinajstić information content (AvgIpc) is 2.98. The van der Waals surface area contributed by atoms with Crippen LogP contribution in [0.5, 0.6) is 0 Å². The Balaban J connectivity index is 2.22. The Kier molecular flexibility index (Phi) is 7.12. The highest BCUT2D eigenvalue weighted by Crippen LogP contribution is 2.39. The first kappa shape index (κ1) is 23.4. The summed E-state index contributed by atoms with van der Waals surface area (Å²) in [5, 5.41) is 0.00584. The molecule has 2 rings (SSSR count). The molecule has 0 saturated carbocycles. The first-order valence-electron chi connectivity index (χ1n) is 10.2. The highest BCUT2D eigenvalue weighted by Gasteiger charge is 2.45. The van der Waals surface area contributed by atoms with Gasteiger partial charge in [0.05, 0.1) is 18.1 Å². The second kappa shape index (κ2) is 8.84. The van der Waals surface area contributed by atoms with E-state index in [9.17, 15) is 9.59 Å². The van der Waals surface area contributed by atoms with E-state index in [2.05, 4.69) is 40.4 Å². The lowest BCUT2D eigenvalue weighted by Crippen LogP contribution is -2.50. The number of hydrogen-bond donors (Lipinski definition) is 0. The van der Waals surface area contributed by atoms with E-state index in [1.54, 1.807) is 0 Å². The number of carbonyl (C=O) groups is 2. The smallest absolute Gasteiger partial charge is 0.416 e. The minimum Gasteiger partial charge on any atom is -0.447 e. The molecule has 160 valence electrons. The number of hydrogen-bond acceptors (Lipinski definition) is 4. The van der Waals surface area contributed by atoms with Crippen LogP contribution in [0.1, 0.15) is 40.2 Å². The first-order chi connectivity index (χ1) is 13.3. The Bertz CT molecular complexity index is 754. The molecule has 0 aliphatic carbocycles. The van der Waals surface area contributed by atoms with E-state index in [1.807, 2.05) is 44.2 Å². The summed E-state index contributed by atoms with van der Waals surface area (Å²) < 4.78 is 11.8. The maximum absolute atomic E-state index is 13.4. The van der Waals surface area contributed by atoms with Crippen LogP contribution in [0.25, 0.3) is 0 Å². The molecule has 1 aromatic carbocycles. The van der Waals surface area contributed by atoms with Gasteiger partial charge in [-0.3, -0.25) is 4.79 Å². The molecule has 1 aliphatic heterocycles. The Hall–Kier alpha value is -1.92. The minimum atomic E-state index is -2.12. The van der Waals surface area contributed by atoms with Crippen LogP contribution in [0.3, 0.4) is 0 Å². The molecule has 2 amide bonds. The largest absolute Gasteiger partial charge is 0.447 e. The highest BCUT2D eigenvalue weighted by atomic mass is 28.4. The number of imide groups is 1. The van der Waals surface area contributed by atoms with Gasteiger partial charge in [0.25, 0.3) is 0 Å². The third kappa shape index (κ3) is 5.37. The van der Waals surface area contributed by atoms with Gasteiger partial charge in [0, 0.05) is 0 Å². The SMILES string of the molecule is C=C(C)[C@@H](O[Si](C)(C)C(C)(C)C)[C@H](C)C(=O)N1C(=O)OC[C@@H]1Cc1ccccc1. The fourth-order valence-electron chi connectivity index (χ4n) is 3.24. The summed E-state index contributed by atoms with van der Waals surface area (Å²) in [6.07, 6.45) is -0.434. The first-order valence-corrected chi connectivity index (χ1v) is 13.1. The molecule has 5 nitrogen and oxygen atoms in total. The molecule has 1 heterocycles. The zero-order valence-electron chi connectivity index (χ0n) is 18.8. The summed E-state index contributed by atoms with van der Waals surface area (Å²) in [5.41, 5.74) is 1.86. The highest BCUT2D eigenvalue weighted by molar-refractivity contribution is 6.74. The number of carbonyl (C=O) groups excluding carboxylic acids is 2. The quantitative estimate of drug-likeness (QED) is 0.453. The van der Waals surface area contributed by atoms with Crippen molar-refractivity contribution in [2.24, 2.45) is 5.92 Å². The molecule has 6 heteroatoms. The van der Waals surface area contributed by atoms with Crippen molar-refractivity contribution >= 4 is 20.3 Å². The molecule has 0 aromatic heterocycles. The van der Waals surface area contributed by atoms with Crippen molar-refractivity contribution in [1.82, 2.24) is 4.90 Å². The lowest BCUT2D eigenvalue weighted by atomic mass is 9.96. The molecule has 1 saturated heterocycles. The molecule has 1 aromatic rings. The van der Waals surface area contributed by atoms with Crippen LogP contribution >= 0.6 is 0 Å². The van der Waals surface area contributed by atoms with Crippen molar-refractivity contribution in [1.29, 1.82) is 0 Å². The zero-order chi connectivity index (χ0) is 22.0. The van der Waals surface area contributed by atoms with E-state index in [0.717, 1.165) is 11.1 Å². The van der Waals surface area contributed by atoms with Crippen molar-refractivity contribution in [3.63, 3.8) is 0 Å². The van der Waals surface area contributed by atoms with Gasteiger partial charge < -0.3 is 9.16 Å². The van der Waals surface area contributed by atoms with Gasteiger partial charge in [-0.05, 0) is 37.0 Å². The van der Waals surface area contributed by atoms with E-state index in [4.69, 9.17) is 9.16 Å². The van der Waals surface area contributed by atoms with Gasteiger partial charge in [-0.25, -0.2) is 9.69 Å². The fraction of sp³-hybridized carbons (Fsp3) is 0.565. The maximum Gasteiger partial charge on any atom is 0.416 e. The van der Waals surface area contributed by atoms with E-state index in [-0.39, 0.29) is 23.6 Å². The average molecular weight is 418 g/mol. The number of benzene rings is 1. The molecule has 0 unspecified atom stereocenters. The molecule has 1 fully saturated rings. The molecule has 29 heavy (non-hydrogen) atoms. The molecule has 3 atom stereocenters. The van der Waals surface area contributed by atoms with Crippen molar-refractivity contribution in [3.8, 4) is 0 Å². The van der Waals surface area contributed by atoms with Crippen LogP contribution in [0, 0.1) is 5.92 Å². The molecule has 1 aliphatic rings. The van der Waals surface area contributed by atoms with Crippen molar-refractivity contribution < 1.29 is 18.8 Å². The van der Waals surface area contributed by atoms with Gasteiger partial charge in [-0.2, -0.15) is 0 Å².